The van der Waals surface area contributed by atoms with Crippen LogP contribution in [0.1, 0.15) is 13.8 Å². The molecule has 0 atom stereocenters. The van der Waals surface area contributed by atoms with Crippen molar-refractivity contribution in [1.29, 1.82) is 0 Å². The van der Waals surface area contributed by atoms with E-state index in [9.17, 15) is 4.79 Å². The molecule has 0 unspecified atom stereocenters. The van der Waals surface area contributed by atoms with Gasteiger partial charge in [0, 0.05) is 18.1 Å². The van der Waals surface area contributed by atoms with Crippen molar-refractivity contribution in [2.45, 2.75) is 13.8 Å². The first-order valence-corrected chi connectivity index (χ1v) is 5.75. The van der Waals surface area contributed by atoms with Crippen molar-refractivity contribution in [1.82, 2.24) is 4.98 Å². The van der Waals surface area contributed by atoms with Crippen LogP contribution >= 0.6 is 0 Å². The fraction of sp³-hybridized carbons (Fsp3) is 0.286. The highest BCUT2D eigenvalue weighted by atomic mass is 16.2. The Bertz CT molecular complexity index is 599. The van der Waals surface area contributed by atoms with Crippen molar-refractivity contribution in [3.63, 3.8) is 0 Å². The molecule has 1 aromatic carbocycles. The lowest BCUT2D eigenvalue weighted by molar-refractivity contribution is -0.132. The Labute approximate surface area is 100 Å². The van der Waals surface area contributed by atoms with Crippen LogP contribution in [0.15, 0.2) is 36.5 Å². The van der Waals surface area contributed by atoms with Crippen LogP contribution in [0.4, 0.5) is 5.69 Å². The number of hydrogen-bond donors (Lipinski definition) is 0. The summed E-state index contributed by atoms with van der Waals surface area (Å²) in [4.78, 5) is 18.2. The molecule has 3 heteroatoms. The van der Waals surface area contributed by atoms with Crippen LogP contribution in [0.5, 0.6) is 0 Å². The standard InChI is InChI=1S/C14H14N2O/c1-14(2)9-16(13(14)17)11-7-3-5-10-6-4-8-15-12(10)11/h3-8H,9H2,1-2H3. The van der Waals surface area contributed by atoms with Crippen molar-refractivity contribution in [3.8, 4) is 0 Å². The molecule has 1 fully saturated rings. The highest BCUT2D eigenvalue weighted by molar-refractivity contribution is 6.08. The number of fused-ring (bicyclic) bond motifs is 1. The van der Waals surface area contributed by atoms with Crippen molar-refractivity contribution >= 4 is 22.5 Å². The Morgan fingerprint density at radius 3 is 2.71 bits per heavy atom. The van der Waals surface area contributed by atoms with E-state index in [0.717, 1.165) is 23.1 Å². The number of hydrogen-bond acceptors (Lipinski definition) is 2. The Balaban J connectivity index is 2.11. The largest absolute Gasteiger partial charge is 0.309 e. The van der Waals surface area contributed by atoms with Crippen LogP contribution in [-0.2, 0) is 4.79 Å². The van der Waals surface area contributed by atoms with E-state index in [1.165, 1.54) is 0 Å². The fourth-order valence-corrected chi connectivity index (χ4v) is 2.31. The van der Waals surface area contributed by atoms with E-state index < -0.39 is 0 Å². The highest BCUT2D eigenvalue weighted by Crippen LogP contribution is 2.37. The maximum atomic E-state index is 12.0. The summed E-state index contributed by atoms with van der Waals surface area (Å²) in [6, 6.07) is 9.87. The van der Waals surface area contributed by atoms with Gasteiger partial charge in [-0.05, 0) is 26.0 Å². The number of pyridine rings is 1. The molecule has 2 aromatic rings. The molecule has 0 aliphatic carbocycles. The Morgan fingerprint density at radius 1 is 1.24 bits per heavy atom. The first-order valence-electron chi connectivity index (χ1n) is 5.75. The van der Waals surface area contributed by atoms with Crippen LogP contribution in [0.3, 0.4) is 0 Å². The molecule has 0 saturated carbocycles. The molecule has 2 heterocycles. The monoisotopic (exact) mass is 226 g/mol. The van der Waals surface area contributed by atoms with Gasteiger partial charge in [0.05, 0.1) is 16.6 Å². The summed E-state index contributed by atoms with van der Waals surface area (Å²) < 4.78 is 0. The van der Waals surface area contributed by atoms with Gasteiger partial charge in [-0.3, -0.25) is 9.78 Å². The molecule has 0 N–H and O–H groups in total. The minimum atomic E-state index is -0.225. The number of benzene rings is 1. The molecule has 17 heavy (non-hydrogen) atoms. The predicted octanol–water partition coefficient (Wildman–Crippen LogP) is 2.61. The van der Waals surface area contributed by atoms with E-state index in [1.54, 1.807) is 6.20 Å². The van der Waals surface area contributed by atoms with Crippen molar-refractivity contribution in [2.75, 3.05) is 11.4 Å². The predicted molar refractivity (Wildman–Crippen MR) is 67.9 cm³/mol. The third-order valence-corrected chi connectivity index (χ3v) is 3.28. The van der Waals surface area contributed by atoms with Crippen LogP contribution < -0.4 is 4.90 Å². The minimum absolute atomic E-state index is 0.177. The maximum absolute atomic E-state index is 12.0. The molecule has 1 aromatic heterocycles. The minimum Gasteiger partial charge on any atom is -0.309 e. The van der Waals surface area contributed by atoms with Crippen molar-refractivity contribution in [2.24, 2.45) is 5.41 Å². The molecule has 0 radical (unpaired) electrons. The van der Waals surface area contributed by atoms with E-state index in [1.807, 2.05) is 49.1 Å². The van der Waals surface area contributed by atoms with Crippen LogP contribution in [0, 0.1) is 5.41 Å². The summed E-state index contributed by atoms with van der Waals surface area (Å²) in [7, 11) is 0. The van der Waals surface area contributed by atoms with Crippen LogP contribution in [0.25, 0.3) is 10.9 Å². The Hall–Kier alpha value is -1.90. The smallest absolute Gasteiger partial charge is 0.234 e. The number of carbonyl (C=O) groups excluding carboxylic acids is 1. The average Bonchev–Trinajstić information content (AvgIpc) is 2.35. The van der Waals surface area contributed by atoms with Gasteiger partial charge < -0.3 is 4.90 Å². The van der Waals surface area contributed by atoms with Crippen molar-refractivity contribution in [3.05, 3.63) is 36.5 Å². The van der Waals surface area contributed by atoms with E-state index in [4.69, 9.17) is 0 Å². The number of aromatic nitrogens is 1. The summed E-state index contributed by atoms with van der Waals surface area (Å²) in [5, 5.41) is 1.07. The van der Waals surface area contributed by atoms with Crippen molar-refractivity contribution < 1.29 is 4.79 Å². The van der Waals surface area contributed by atoms with Crippen LogP contribution in [0.2, 0.25) is 0 Å². The molecular formula is C14H14N2O. The fourth-order valence-electron chi connectivity index (χ4n) is 2.31. The lowest BCUT2D eigenvalue weighted by atomic mass is 9.82. The highest BCUT2D eigenvalue weighted by Gasteiger charge is 2.45. The molecule has 3 nitrogen and oxygen atoms in total. The van der Waals surface area contributed by atoms with Gasteiger partial charge >= 0.3 is 0 Å². The van der Waals surface area contributed by atoms with E-state index in [0.29, 0.717) is 0 Å². The van der Waals surface area contributed by atoms with E-state index in [-0.39, 0.29) is 11.3 Å². The first-order chi connectivity index (χ1) is 8.09. The zero-order valence-corrected chi connectivity index (χ0v) is 9.97. The molecule has 0 bridgehead atoms. The normalized spacial score (nSPS) is 18.2. The number of nitrogens with zero attached hydrogens (tertiary/aromatic N) is 2. The quantitative estimate of drug-likeness (QED) is 0.700. The first kappa shape index (κ1) is 10.3. The number of rotatable bonds is 1. The molecular weight excluding hydrogens is 212 g/mol. The number of amides is 1. The molecule has 1 aliphatic rings. The summed E-state index contributed by atoms with van der Waals surface area (Å²) in [5.41, 5.74) is 1.60. The lowest BCUT2D eigenvalue weighted by Crippen LogP contribution is -2.58. The number of anilines is 1. The third-order valence-electron chi connectivity index (χ3n) is 3.28. The zero-order valence-electron chi connectivity index (χ0n) is 9.97. The summed E-state index contributed by atoms with van der Waals surface area (Å²) >= 11 is 0. The van der Waals surface area contributed by atoms with Gasteiger partial charge in [0.2, 0.25) is 5.91 Å². The van der Waals surface area contributed by atoms with Gasteiger partial charge in [0.1, 0.15) is 0 Å². The summed E-state index contributed by atoms with van der Waals surface area (Å²) in [6.07, 6.45) is 1.77. The molecule has 1 saturated heterocycles. The van der Waals surface area contributed by atoms with Gasteiger partial charge in [-0.1, -0.05) is 18.2 Å². The molecule has 1 amide bonds. The number of carbonyl (C=O) groups is 1. The molecule has 1 aliphatic heterocycles. The number of β-lactam (4-membered cyclic amide) rings is 1. The van der Waals surface area contributed by atoms with Gasteiger partial charge in [0.25, 0.3) is 0 Å². The summed E-state index contributed by atoms with van der Waals surface area (Å²) in [6.45, 7) is 4.72. The Kier molecular flexibility index (Phi) is 1.99. The zero-order chi connectivity index (χ0) is 12.0. The van der Waals surface area contributed by atoms with Crippen LogP contribution in [-0.4, -0.2) is 17.4 Å². The van der Waals surface area contributed by atoms with Gasteiger partial charge in [-0.2, -0.15) is 0 Å². The molecule has 3 rings (SSSR count). The lowest BCUT2D eigenvalue weighted by Gasteiger charge is -2.44. The third kappa shape index (κ3) is 1.42. The van der Waals surface area contributed by atoms with Gasteiger partial charge in [-0.15, -0.1) is 0 Å². The SMILES string of the molecule is CC1(C)CN(c2cccc3cccnc23)C1=O. The molecule has 86 valence electrons. The Morgan fingerprint density at radius 2 is 2.00 bits per heavy atom. The second-order valence-corrected chi connectivity index (χ2v) is 5.13. The summed E-state index contributed by atoms with van der Waals surface area (Å²) in [5.74, 6) is 0.177. The van der Waals surface area contributed by atoms with Gasteiger partial charge in [-0.25, -0.2) is 0 Å². The van der Waals surface area contributed by atoms with Gasteiger partial charge in [0.15, 0.2) is 0 Å². The average molecular weight is 226 g/mol. The topological polar surface area (TPSA) is 33.2 Å². The number of para-hydroxylation sites is 1. The van der Waals surface area contributed by atoms with E-state index >= 15 is 0 Å². The van der Waals surface area contributed by atoms with E-state index in [2.05, 4.69) is 4.98 Å². The second-order valence-electron chi connectivity index (χ2n) is 5.13. The maximum Gasteiger partial charge on any atom is 0.234 e. The molecule has 0 spiro atoms. The second kappa shape index (κ2) is 3.29.